The number of pyridine rings is 1. The Hall–Kier alpha value is -2.36. The fourth-order valence-corrected chi connectivity index (χ4v) is 1.54. The second-order valence-corrected chi connectivity index (χ2v) is 3.79. The van der Waals surface area contributed by atoms with Gasteiger partial charge in [0.1, 0.15) is 6.61 Å². The van der Waals surface area contributed by atoms with Crippen molar-refractivity contribution < 1.29 is 9.53 Å². The van der Waals surface area contributed by atoms with Gasteiger partial charge in [-0.15, -0.1) is 0 Å². The van der Waals surface area contributed by atoms with Gasteiger partial charge >= 0.3 is 0 Å². The van der Waals surface area contributed by atoms with E-state index >= 15 is 0 Å². The molecule has 0 aliphatic carbocycles. The number of rotatable bonds is 4. The molecule has 18 heavy (non-hydrogen) atoms. The summed E-state index contributed by atoms with van der Waals surface area (Å²) in [6.07, 6.45) is 1.68. The summed E-state index contributed by atoms with van der Waals surface area (Å²) in [4.78, 5) is 15.2. The lowest BCUT2D eigenvalue weighted by atomic mass is 10.2. The van der Waals surface area contributed by atoms with Crippen LogP contribution < -0.4 is 10.1 Å². The third-order valence-electron chi connectivity index (χ3n) is 2.34. The summed E-state index contributed by atoms with van der Waals surface area (Å²) < 4.78 is 5.55. The van der Waals surface area contributed by atoms with Gasteiger partial charge in [-0.1, -0.05) is 24.3 Å². The third kappa shape index (κ3) is 3.31. The molecule has 0 aliphatic rings. The lowest BCUT2D eigenvalue weighted by molar-refractivity contribution is -0.114. The van der Waals surface area contributed by atoms with Crippen molar-refractivity contribution in [2.75, 3.05) is 5.32 Å². The fraction of sp³-hybridized carbons (Fsp3) is 0.143. The van der Waals surface area contributed by atoms with Gasteiger partial charge in [-0.25, -0.2) is 4.98 Å². The molecule has 0 unspecified atom stereocenters. The number of anilines is 1. The van der Waals surface area contributed by atoms with Gasteiger partial charge in [-0.05, 0) is 12.1 Å². The average molecular weight is 242 g/mol. The van der Waals surface area contributed by atoms with Crippen molar-refractivity contribution in [1.82, 2.24) is 4.98 Å². The minimum absolute atomic E-state index is 0.0970. The van der Waals surface area contributed by atoms with Crippen LogP contribution >= 0.6 is 0 Å². The van der Waals surface area contributed by atoms with Crippen molar-refractivity contribution in [2.45, 2.75) is 13.5 Å². The average Bonchev–Trinajstić information content (AvgIpc) is 2.38. The monoisotopic (exact) mass is 242 g/mol. The number of ether oxygens (including phenoxy) is 1. The van der Waals surface area contributed by atoms with Crippen LogP contribution in [-0.4, -0.2) is 10.9 Å². The number of amides is 1. The van der Waals surface area contributed by atoms with Crippen molar-refractivity contribution in [1.29, 1.82) is 0 Å². The molecular weight excluding hydrogens is 228 g/mol. The Morgan fingerprint density at radius 3 is 2.72 bits per heavy atom. The number of para-hydroxylation sites is 1. The van der Waals surface area contributed by atoms with E-state index in [0.717, 1.165) is 11.3 Å². The standard InChI is InChI=1S/C14H14N2O2/c1-11(17)16-13-7-3-2-6-12(13)10-18-14-8-4-5-9-15-14/h2-9H,10H2,1H3,(H,16,17). The molecule has 92 valence electrons. The number of carbonyl (C=O) groups is 1. The first kappa shape index (κ1) is 12.1. The molecule has 1 heterocycles. The lowest BCUT2D eigenvalue weighted by Crippen LogP contribution is -2.09. The summed E-state index contributed by atoms with van der Waals surface area (Å²) >= 11 is 0. The van der Waals surface area contributed by atoms with E-state index in [2.05, 4.69) is 10.3 Å². The molecule has 0 saturated carbocycles. The molecule has 1 N–H and O–H groups in total. The van der Waals surface area contributed by atoms with E-state index in [9.17, 15) is 4.79 Å². The Labute approximate surface area is 106 Å². The van der Waals surface area contributed by atoms with E-state index < -0.39 is 0 Å². The smallest absolute Gasteiger partial charge is 0.221 e. The molecule has 0 bridgehead atoms. The molecule has 2 aromatic rings. The SMILES string of the molecule is CC(=O)Nc1ccccc1COc1ccccn1. The van der Waals surface area contributed by atoms with Crippen LogP contribution in [0.2, 0.25) is 0 Å². The molecule has 1 aromatic heterocycles. The first-order valence-corrected chi connectivity index (χ1v) is 5.65. The molecule has 2 rings (SSSR count). The Bertz CT molecular complexity index is 526. The Balaban J connectivity index is 2.07. The number of hydrogen-bond donors (Lipinski definition) is 1. The van der Waals surface area contributed by atoms with Crippen molar-refractivity contribution in [3.05, 3.63) is 54.2 Å². The highest BCUT2D eigenvalue weighted by Crippen LogP contribution is 2.17. The van der Waals surface area contributed by atoms with Gasteiger partial charge in [-0.2, -0.15) is 0 Å². The zero-order chi connectivity index (χ0) is 12.8. The van der Waals surface area contributed by atoms with Gasteiger partial charge in [-0.3, -0.25) is 4.79 Å². The molecule has 0 atom stereocenters. The van der Waals surface area contributed by atoms with Crippen molar-refractivity contribution >= 4 is 11.6 Å². The summed E-state index contributed by atoms with van der Waals surface area (Å²) in [6, 6.07) is 13.0. The first-order chi connectivity index (χ1) is 8.75. The lowest BCUT2D eigenvalue weighted by Gasteiger charge is -2.10. The van der Waals surface area contributed by atoms with Gasteiger partial charge in [0.2, 0.25) is 11.8 Å². The topological polar surface area (TPSA) is 51.2 Å². The van der Waals surface area contributed by atoms with E-state index in [1.54, 1.807) is 12.3 Å². The fourth-order valence-electron chi connectivity index (χ4n) is 1.54. The number of benzene rings is 1. The Morgan fingerprint density at radius 2 is 2.00 bits per heavy atom. The summed E-state index contributed by atoms with van der Waals surface area (Å²) in [6.45, 7) is 1.85. The van der Waals surface area contributed by atoms with Crippen LogP contribution in [0.3, 0.4) is 0 Å². The van der Waals surface area contributed by atoms with Crippen molar-refractivity contribution in [3.8, 4) is 5.88 Å². The summed E-state index contributed by atoms with van der Waals surface area (Å²) in [5.41, 5.74) is 1.68. The largest absolute Gasteiger partial charge is 0.473 e. The maximum absolute atomic E-state index is 11.1. The van der Waals surface area contributed by atoms with E-state index in [1.807, 2.05) is 36.4 Å². The molecule has 1 amide bonds. The second-order valence-electron chi connectivity index (χ2n) is 3.79. The molecule has 0 fully saturated rings. The second kappa shape index (κ2) is 5.82. The van der Waals surface area contributed by atoms with E-state index in [0.29, 0.717) is 12.5 Å². The minimum Gasteiger partial charge on any atom is -0.473 e. The third-order valence-corrected chi connectivity index (χ3v) is 2.34. The Kier molecular flexibility index (Phi) is 3.91. The van der Waals surface area contributed by atoms with Crippen LogP contribution in [-0.2, 0) is 11.4 Å². The molecule has 4 heteroatoms. The number of aromatic nitrogens is 1. The van der Waals surface area contributed by atoms with Crippen LogP contribution in [0.4, 0.5) is 5.69 Å². The summed E-state index contributed by atoms with van der Waals surface area (Å²) in [5.74, 6) is 0.468. The van der Waals surface area contributed by atoms with Crippen LogP contribution in [0.5, 0.6) is 5.88 Å². The molecule has 0 saturated heterocycles. The van der Waals surface area contributed by atoms with Crippen LogP contribution in [0.1, 0.15) is 12.5 Å². The maximum Gasteiger partial charge on any atom is 0.221 e. The summed E-state index contributed by atoms with van der Waals surface area (Å²) in [7, 11) is 0. The molecular formula is C14H14N2O2. The van der Waals surface area contributed by atoms with Crippen LogP contribution in [0.15, 0.2) is 48.7 Å². The number of nitrogens with one attached hydrogen (secondary N) is 1. The highest BCUT2D eigenvalue weighted by atomic mass is 16.5. The zero-order valence-electron chi connectivity index (χ0n) is 10.1. The number of hydrogen-bond acceptors (Lipinski definition) is 3. The normalized spacial score (nSPS) is 9.83. The van der Waals surface area contributed by atoms with Gasteiger partial charge in [0.15, 0.2) is 0 Å². The number of carbonyl (C=O) groups excluding carboxylic acids is 1. The van der Waals surface area contributed by atoms with Gasteiger partial charge in [0.05, 0.1) is 0 Å². The highest BCUT2D eigenvalue weighted by molar-refractivity contribution is 5.89. The predicted octanol–water partition coefficient (Wildman–Crippen LogP) is 2.62. The van der Waals surface area contributed by atoms with Gasteiger partial charge in [0, 0.05) is 30.4 Å². The van der Waals surface area contributed by atoms with E-state index in [-0.39, 0.29) is 5.91 Å². The van der Waals surface area contributed by atoms with Crippen LogP contribution in [0.25, 0.3) is 0 Å². The highest BCUT2D eigenvalue weighted by Gasteiger charge is 2.04. The van der Waals surface area contributed by atoms with Crippen molar-refractivity contribution in [2.24, 2.45) is 0 Å². The molecule has 0 aliphatic heterocycles. The first-order valence-electron chi connectivity index (χ1n) is 5.65. The quantitative estimate of drug-likeness (QED) is 0.896. The minimum atomic E-state index is -0.0970. The van der Waals surface area contributed by atoms with Crippen molar-refractivity contribution in [3.63, 3.8) is 0 Å². The molecule has 4 nitrogen and oxygen atoms in total. The molecule has 1 aromatic carbocycles. The molecule has 0 spiro atoms. The zero-order valence-corrected chi connectivity index (χ0v) is 10.1. The predicted molar refractivity (Wildman–Crippen MR) is 69.3 cm³/mol. The Morgan fingerprint density at radius 1 is 1.22 bits per heavy atom. The van der Waals surface area contributed by atoms with Gasteiger partial charge < -0.3 is 10.1 Å². The van der Waals surface area contributed by atoms with E-state index in [4.69, 9.17) is 4.74 Å². The maximum atomic E-state index is 11.1. The summed E-state index contributed by atoms with van der Waals surface area (Å²) in [5, 5.41) is 2.77. The number of nitrogens with zero attached hydrogens (tertiary/aromatic N) is 1. The van der Waals surface area contributed by atoms with Gasteiger partial charge in [0.25, 0.3) is 0 Å². The van der Waals surface area contributed by atoms with Crippen LogP contribution in [0, 0.1) is 0 Å². The molecule has 0 radical (unpaired) electrons. The van der Waals surface area contributed by atoms with E-state index in [1.165, 1.54) is 6.92 Å².